The Morgan fingerprint density at radius 1 is 1.17 bits per heavy atom. The monoisotopic (exact) mass is 346 g/mol. The van der Waals surface area contributed by atoms with Crippen molar-refractivity contribution in [3.8, 4) is 0 Å². The summed E-state index contributed by atoms with van der Waals surface area (Å²) in [5, 5.41) is 6.54. The zero-order valence-electron chi connectivity index (χ0n) is 14.1. The maximum absolute atomic E-state index is 12.8. The Morgan fingerprint density at radius 2 is 1.96 bits per heavy atom. The van der Waals surface area contributed by atoms with Gasteiger partial charge in [-0.05, 0) is 55.5 Å². The molecular weight excluding hydrogens is 323 g/mol. The molecule has 0 atom stereocenters. The molecule has 2 N–H and O–H groups in total. The molecule has 2 rings (SSSR count). The number of benzene rings is 1. The minimum Gasteiger partial charge on any atom is -0.356 e. The summed E-state index contributed by atoms with van der Waals surface area (Å²) < 4.78 is 12.8. The van der Waals surface area contributed by atoms with Gasteiger partial charge < -0.3 is 10.6 Å². The molecule has 0 radical (unpaired) electrons. The SMILES string of the molecule is CN=C(NCCCSc1ccc(F)cc1)NCc1cccc(C)n1. The number of guanidine groups is 1. The molecule has 0 bridgehead atoms. The van der Waals surface area contributed by atoms with Crippen molar-refractivity contribution in [3.05, 3.63) is 59.7 Å². The normalized spacial score (nSPS) is 11.4. The van der Waals surface area contributed by atoms with Crippen LogP contribution in [0.3, 0.4) is 0 Å². The molecule has 128 valence electrons. The molecule has 0 fully saturated rings. The minimum atomic E-state index is -0.195. The maximum atomic E-state index is 12.8. The van der Waals surface area contributed by atoms with Gasteiger partial charge in [0.1, 0.15) is 5.82 Å². The highest BCUT2D eigenvalue weighted by Gasteiger charge is 2.00. The van der Waals surface area contributed by atoms with E-state index in [0.717, 1.165) is 41.0 Å². The Hall–Kier alpha value is -2.08. The molecule has 4 nitrogen and oxygen atoms in total. The number of aromatic nitrogens is 1. The quantitative estimate of drug-likeness (QED) is 0.349. The molecule has 0 aliphatic carbocycles. The van der Waals surface area contributed by atoms with E-state index in [0.29, 0.717) is 6.54 Å². The predicted octanol–water partition coefficient (Wildman–Crippen LogP) is 3.38. The van der Waals surface area contributed by atoms with Gasteiger partial charge in [-0.25, -0.2) is 4.39 Å². The van der Waals surface area contributed by atoms with Crippen LogP contribution in [0.4, 0.5) is 4.39 Å². The molecule has 0 saturated heterocycles. The van der Waals surface area contributed by atoms with Crippen LogP contribution in [0, 0.1) is 12.7 Å². The molecule has 1 aromatic heterocycles. The van der Waals surface area contributed by atoms with Gasteiger partial charge in [0.15, 0.2) is 5.96 Å². The highest BCUT2D eigenvalue weighted by atomic mass is 32.2. The Labute approximate surface area is 147 Å². The van der Waals surface area contributed by atoms with Crippen LogP contribution in [0.25, 0.3) is 0 Å². The van der Waals surface area contributed by atoms with E-state index in [2.05, 4.69) is 20.6 Å². The Kier molecular flexibility index (Phi) is 7.55. The van der Waals surface area contributed by atoms with E-state index in [9.17, 15) is 4.39 Å². The highest BCUT2D eigenvalue weighted by molar-refractivity contribution is 7.99. The summed E-state index contributed by atoms with van der Waals surface area (Å²) in [7, 11) is 1.76. The van der Waals surface area contributed by atoms with Gasteiger partial charge in [-0.1, -0.05) is 6.07 Å². The van der Waals surface area contributed by atoms with E-state index in [4.69, 9.17) is 0 Å². The van der Waals surface area contributed by atoms with E-state index in [1.165, 1.54) is 12.1 Å². The van der Waals surface area contributed by atoms with Crippen molar-refractivity contribution < 1.29 is 4.39 Å². The number of pyridine rings is 1. The van der Waals surface area contributed by atoms with E-state index in [1.807, 2.05) is 37.3 Å². The van der Waals surface area contributed by atoms with Gasteiger partial charge in [0.25, 0.3) is 0 Å². The number of halogens is 1. The lowest BCUT2D eigenvalue weighted by molar-refractivity contribution is 0.626. The Morgan fingerprint density at radius 3 is 2.67 bits per heavy atom. The Bertz CT molecular complexity index is 658. The maximum Gasteiger partial charge on any atom is 0.191 e. The lowest BCUT2D eigenvalue weighted by atomic mass is 10.3. The summed E-state index contributed by atoms with van der Waals surface area (Å²) in [5.41, 5.74) is 2.00. The number of rotatable bonds is 7. The smallest absolute Gasteiger partial charge is 0.191 e. The average Bonchev–Trinajstić information content (AvgIpc) is 2.59. The zero-order chi connectivity index (χ0) is 17.2. The van der Waals surface area contributed by atoms with Crippen molar-refractivity contribution in [2.45, 2.75) is 24.8 Å². The van der Waals surface area contributed by atoms with Crippen molar-refractivity contribution in [3.63, 3.8) is 0 Å². The molecule has 6 heteroatoms. The van der Waals surface area contributed by atoms with Crippen LogP contribution < -0.4 is 10.6 Å². The largest absolute Gasteiger partial charge is 0.356 e. The molecule has 1 heterocycles. The molecule has 0 amide bonds. The van der Waals surface area contributed by atoms with Crippen molar-refractivity contribution >= 4 is 17.7 Å². The first-order chi connectivity index (χ1) is 11.7. The van der Waals surface area contributed by atoms with Gasteiger partial charge in [-0.15, -0.1) is 11.8 Å². The van der Waals surface area contributed by atoms with E-state index >= 15 is 0 Å². The van der Waals surface area contributed by atoms with Crippen LogP contribution in [0.1, 0.15) is 17.8 Å². The number of thioether (sulfide) groups is 1. The van der Waals surface area contributed by atoms with Crippen LogP contribution in [0.5, 0.6) is 0 Å². The molecule has 0 saturated carbocycles. The summed E-state index contributed by atoms with van der Waals surface area (Å²) in [6.45, 7) is 3.45. The molecule has 0 aliphatic rings. The Balaban J connectivity index is 1.63. The van der Waals surface area contributed by atoms with Gasteiger partial charge in [0, 0.05) is 24.2 Å². The first kappa shape index (κ1) is 18.3. The number of hydrogen-bond donors (Lipinski definition) is 2. The van der Waals surface area contributed by atoms with E-state index in [1.54, 1.807) is 18.8 Å². The molecule has 0 unspecified atom stereocenters. The second-order valence-corrected chi connectivity index (χ2v) is 6.45. The minimum absolute atomic E-state index is 0.195. The number of nitrogens with one attached hydrogen (secondary N) is 2. The standard InChI is InChI=1S/C18H23FN4S/c1-14-5-3-6-16(23-14)13-22-18(20-2)21-11-4-12-24-17-9-7-15(19)8-10-17/h3,5-10H,4,11-13H2,1-2H3,(H2,20,21,22). The van der Waals surface area contributed by atoms with Crippen LogP contribution in [0.2, 0.25) is 0 Å². The van der Waals surface area contributed by atoms with Gasteiger partial charge >= 0.3 is 0 Å². The summed E-state index contributed by atoms with van der Waals surface area (Å²) in [4.78, 5) is 9.75. The van der Waals surface area contributed by atoms with Crippen LogP contribution in [0.15, 0.2) is 52.4 Å². The van der Waals surface area contributed by atoms with E-state index in [-0.39, 0.29) is 5.82 Å². The second-order valence-electron chi connectivity index (χ2n) is 5.28. The summed E-state index contributed by atoms with van der Waals surface area (Å²) >= 11 is 1.72. The first-order valence-electron chi connectivity index (χ1n) is 7.93. The predicted molar refractivity (Wildman–Crippen MR) is 98.9 cm³/mol. The fraction of sp³-hybridized carbons (Fsp3) is 0.333. The van der Waals surface area contributed by atoms with E-state index < -0.39 is 0 Å². The lowest BCUT2D eigenvalue weighted by Gasteiger charge is -2.11. The molecular formula is C18H23FN4S. The number of hydrogen-bond acceptors (Lipinski definition) is 3. The fourth-order valence-corrected chi connectivity index (χ4v) is 2.95. The molecule has 0 aliphatic heterocycles. The van der Waals surface area contributed by atoms with Gasteiger partial charge in [0.05, 0.1) is 12.2 Å². The van der Waals surface area contributed by atoms with Gasteiger partial charge in [0.2, 0.25) is 0 Å². The lowest BCUT2D eigenvalue weighted by Crippen LogP contribution is -2.37. The summed E-state index contributed by atoms with van der Waals surface area (Å²) in [6.07, 6.45) is 0.992. The summed E-state index contributed by atoms with van der Waals surface area (Å²) in [5.74, 6) is 1.54. The third-order valence-electron chi connectivity index (χ3n) is 3.30. The van der Waals surface area contributed by atoms with Crippen LogP contribution >= 0.6 is 11.8 Å². The van der Waals surface area contributed by atoms with Crippen molar-refractivity contribution in [1.82, 2.24) is 15.6 Å². The number of aliphatic imine (C=N–C) groups is 1. The highest BCUT2D eigenvalue weighted by Crippen LogP contribution is 2.18. The molecule has 1 aromatic carbocycles. The summed E-state index contributed by atoms with van der Waals surface area (Å²) in [6, 6.07) is 12.6. The zero-order valence-corrected chi connectivity index (χ0v) is 14.9. The topological polar surface area (TPSA) is 49.3 Å². The van der Waals surface area contributed by atoms with Crippen molar-refractivity contribution in [2.75, 3.05) is 19.3 Å². The molecule has 0 spiro atoms. The number of aryl methyl sites for hydroxylation is 1. The number of nitrogens with zero attached hydrogens (tertiary/aromatic N) is 2. The van der Waals surface area contributed by atoms with Crippen molar-refractivity contribution in [1.29, 1.82) is 0 Å². The second kappa shape index (κ2) is 9.93. The third-order valence-corrected chi connectivity index (χ3v) is 4.40. The first-order valence-corrected chi connectivity index (χ1v) is 8.91. The average molecular weight is 346 g/mol. The molecule has 24 heavy (non-hydrogen) atoms. The molecule has 2 aromatic rings. The van der Waals surface area contributed by atoms with Gasteiger partial charge in [-0.3, -0.25) is 9.98 Å². The van der Waals surface area contributed by atoms with Crippen LogP contribution in [-0.4, -0.2) is 30.3 Å². The fourth-order valence-electron chi connectivity index (χ4n) is 2.09. The van der Waals surface area contributed by atoms with Crippen LogP contribution in [-0.2, 0) is 6.54 Å². The van der Waals surface area contributed by atoms with Gasteiger partial charge in [-0.2, -0.15) is 0 Å². The van der Waals surface area contributed by atoms with Crippen molar-refractivity contribution in [2.24, 2.45) is 4.99 Å². The third kappa shape index (κ3) is 6.58.